The van der Waals surface area contributed by atoms with E-state index >= 15 is 0 Å². The summed E-state index contributed by atoms with van der Waals surface area (Å²) >= 11 is 0. The monoisotopic (exact) mass is 368 g/mol. The number of carbonyl (C=O) groups excluding carboxylic acids is 1. The first-order valence-corrected chi connectivity index (χ1v) is 8.90. The average molecular weight is 368 g/mol. The summed E-state index contributed by atoms with van der Waals surface area (Å²) in [5.74, 6) is 0.460. The lowest BCUT2D eigenvalue weighted by Crippen LogP contribution is -2.29. The molecular weight excluding hydrogens is 348 g/mol. The molecule has 0 atom stereocenters. The Morgan fingerprint density at radius 2 is 2.04 bits per heavy atom. The fourth-order valence-corrected chi connectivity index (χ4v) is 3.22. The minimum absolute atomic E-state index is 0.0441. The lowest BCUT2D eigenvalue weighted by molar-refractivity contribution is 0.102. The van der Waals surface area contributed by atoms with Crippen LogP contribution in [-0.2, 0) is 0 Å². The van der Waals surface area contributed by atoms with Crippen LogP contribution < -0.4 is 10.6 Å². The number of amides is 1. The van der Waals surface area contributed by atoms with E-state index in [1.54, 1.807) is 25.3 Å². The van der Waals surface area contributed by atoms with E-state index in [4.69, 9.17) is 4.42 Å². The third kappa shape index (κ3) is 3.87. The van der Waals surface area contributed by atoms with E-state index in [1.165, 1.54) is 0 Å². The second kappa shape index (κ2) is 7.28. The molecule has 0 unspecified atom stereocenters. The maximum Gasteiger partial charge on any atom is 0.322 e. The first kappa shape index (κ1) is 17.3. The standard InChI is InChI=1S/C18H20N6O3/c1-10-23-24-18(27-10)22-16(26)14-4-2-3-11-9-19-17(21-15(11)14)20-12-5-7-13(25)8-6-12/h2-4,9,12-13,25H,5-8H2,1H3,(H,19,20,21)(H,22,24,26). The molecule has 27 heavy (non-hydrogen) atoms. The predicted molar refractivity (Wildman–Crippen MR) is 98.4 cm³/mol. The van der Waals surface area contributed by atoms with Gasteiger partial charge in [0, 0.05) is 24.5 Å². The number of aryl methyl sites for hydroxylation is 1. The molecule has 1 amide bonds. The number of aromatic nitrogens is 4. The molecule has 3 aromatic rings. The van der Waals surface area contributed by atoms with E-state index in [1.807, 2.05) is 6.07 Å². The molecule has 0 saturated heterocycles. The number of carbonyl (C=O) groups is 1. The molecule has 4 rings (SSSR count). The fourth-order valence-electron chi connectivity index (χ4n) is 3.22. The third-order valence-corrected chi connectivity index (χ3v) is 4.63. The molecule has 0 aliphatic heterocycles. The first-order valence-electron chi connectivity index (χ1n) is 8.90. The summed E-state index contributed by atoms with van der Waals surface area (Å²) in [4.78, 5) is 21.5. The summed E-state index contributed by atoms with van der Waals surface area (Å²) in [5, 5.41) is 23.8. The van der Waals surface area contributed by atoms with Crippen molar-refractivity contribution in [3.05, 3.63) is 35.9 Å². The number of rotatable bonds is 4. The zero-order valence-electron chi connectivity index (χ0n) is 14.8. The van der Waals surface area contributed by atoms with Crippen molar-refractivity contribution in [2.75, 3.05) is 10.6 Å². The molecule has 1 saturated carbocycles. The summed E-state index contributed by atoms with van der Waals surface area (Å²) in [5.41, 5.74) is 0.937. The quantitative estimate of drug-likeness (QED) is 0.640. The van der Waals surface area contributed by atoms with Gasteiger partial charge >= 0.3 is 6.01 Å². The number of para-hydroxylation sites is 1. The lowest BCUT2D eigenvalue weighted by atomic mass is 9.93. The van der Waals surface area contributed by atoms with Crippen LogP contribution in [-0.4, -0.2) is 43.3 Å². The minimum Gasteiger partial charge on any atom is -0.408 e. The Kier molecular flexibility index (Phi) is 4.68. The molecule has 9 nitrogen and oxygen atoms in total. The van der Waals surface area contributed by atoms with Crippen LogP contribution >= 0.6 is 0 Å². The van der Waals surface area contributed by atoms with Crippen molar-refractivity contribution in [1.29, 1.82) is 0 Å². The van der Waals surface area contributed by atoms with Crippen LogP contribution in [0.5, 0.6) is 0 Å². The number of nitrogens with zero attached hydrogens (tertiary/aromatic N) is 4. The molecule has 1 aliphatic carbocycles. The van der Waals surface area contributed by atoms with Gasteiger partial charge in [-0.05, 0) is 31.7 Å². The SMILES string of the molecule is Cc1nnc(NC(=O)c2cccc3cnc(NC4CCC(O)CC4)nc23)o1. The summed E-state index contributed by atoms with van der Waals surface area (Å²) in [7, 11) is 0. The Morgan fingerprint density at radius 1 is 1.22 bits per heavy atom. The maximum absolute atomic E-state index is 12.6. The van der Waals surface area contributed by atoms with Gasteiger partial charge in [-0.15, -0.1) is 5.10 Å². The molecule has 1 fully saturated rings. The normalized spacial score (nSPS) is 19.8. The van der Waals surface area contributed by atoms with Gasteiger partial charge < -0.3 is 14.8 Å². The van der Waals surface area contributed by atoms with E-state index in [9.17, 15) is 9.90 Å². The number of nitrogens with one attached hydrogen (secondary N) is 2. The summed E-state index contributed by atoms with van der Waals surface area (Å²) in [6, 6.07) is 5.57. The van der Waals surface area contributed by atoms with Crippen molar-refractivity contribution in [1.82, 2.24) is 20.2 Å². The number of aliphatic hydroxyl groups is 1. The van der Waals surface area contributed by atoms with E-state index in [-0.39, 0.29) is 24.1 Å². The molecule has 2 heterocycles. The van der Waals surface area contributed by atoms with Gasteiger partial charge in [-0.3, -0.25) is 10.1 Å². The van der Waals surface area contributed by atoms with Gasteiger partial charge in [0.2, 0.25) is 11.8 Å². The lowest BCUT2D eigenvalue weighted by Gasteiger charge is -2.26. The number of anilines is 2. The molecule has 3 N–H and O–H groups in total. The van der Waals surface area contributed by atoms with E-state index in [0.29, 0.717) is 22.9 Å². The molecule has 1 aromatic carbocycles. The predicted octanol–water partition coefficient (Wildman–Crippen LogP) is 2.29. The van der Waals surface area contributed by atoms with Gasteiger partial charge in [0.25, 0.3) is 5.91 Å². The van der Waals surface area contributed by atoms with Gasteiger partial charge in [0.15, 0.2) is 0 Å². The van der Waals surface area contributed by atoms with Gasteiger partial charge in [-0.1, -0.05) is 17.2 Å². The number of benzene rings is 1. The fraction of sp³-hybridized carbons (Fsp3) is 0.389. The highest BCUT2D eigenvalue weighted by atomic mass is 16.4. The van der Waals surface area contributed by atoms with Crippen LogP contribution in [0.1, 0.15) is 41.9 Å². The van der Waals surface area contributed by atoms with Gasteiger partial charge in [-0.25, -0.2) is 9.97 Å². The van der Waals surface area contributed by atoms with Crippen molar-refractivity contribution in [3.8, 4) is 0 Å². The van der Waals surface area contributed by atoms with Crippen LogP contribution in [0.2, 0.25) is 0 Å². The zero-order valence-corrected chi connectivity index (χ0v) is 14.8. The molecule has 0 bridgehead atoms. The van der Waals surface area contributed by atoms with Crippen molar-refractivity contribution in [3.63, 3.8) is 0 Å². The first-order chi connectivity index (χ1) is 13.1. The Labute approximate surface area is 155 Å². The number of aliphatic hydroxyl groups excluding tert-OH is 1. The van der Waals surface area contributed by atoms with Crippen molar-refractivity contribution in [2.24, 2.45) is 0 Å². The zero-order chi connectivity index (χ0) is 18.8. The van der Waals surface area contributed by atoms with Crippen molar-refractivity contribution in [2.45, 2.75) is 44.8 Å². The van der Waals surface area contributed by atoms with Gasteiger partial charge in [0.1, 0.15) is 0 Å². The Morgan fingerprint density at radius 3 is 2.78 bits per heavy atom. The van der Waals surface area contributed by atoms with Crippen LogP contribution in [0.15, 0.2) is 28.8 Å². The highest BCUT2D eigenvalue weighted by Gasteiger charge is 2.20. The number of hydrogen-bond donors (Lipinski definition) is 3. The molecule has 9 heteroatoms. The average Bonchev–Trinajstić information content (AvgIpc) is 3.07. The number of hydrogen-bond acceptors (Lipinski definition) is 8. The third-order valence-electron chi connectivity index (χ3n) is 4.63. The van der Waals surface area contributed by atoms with E-state index < -0.39 is 0 Å². The molecule has 0 radical (unpaired) electrons. The minimum atomic E-state index is -0.380. The summed E-state index contributed by atoms with van der Waals surface area (Å²) in [6.45, 7) is 1.65. The van der Waals surface area contributed by atoms with E-state index in [0.717, 1.165) is 31.1 Å². The smallest absolute Gasteiger partial charge is 0.322 e. The van der Waals surface area contributed by atoms with Crippen molar-refractivity contribution < 1.29 is 14.3 Å². The van der Waals surface area contributed by atoms with Crippen molar-refractivity contribution >= 4 is 28.8 Å². The highest BCUT2D eigenvalue weighted by Crippen LogP contribution is 2.23. The molecule has 1 aliphatic rings. The molecule has 0 spiro atoms. The van der Waals surface area contributed by atoms with Gasteiger partial charge in [-0.2, -0.15) is 0 Å². The topological polar surface area (TPSA) is 126 Å². The second-order valence-corrected chi connectivity index (χ2v) is 6.67. The highest BCUT2D eigenvalue weighted by molar-refractivity contribution is 6.11. The Bertz CT molecular complexity index is 965. The molecular formula is C18H20N6O3. The maximum atomic E-state index is 12.6. The molecule has 140 valence electrons. The Balaban J connectivity index is 1.58. The van der Waals surface area contributed by atoms with Gasteiger partial charge in [0.05, 0.1) is 17.2 Å². The number of fused-ring (bicyclic) bond motifs is 1. The second-order valence-electron chi connectivity index (χ2n) is 6.67. The van der Waals surface area contributed by atoms with Crippen LogP contribution in [0.25, 0.3) is 10.9 Å². The van der Waals surface area contributed by atoms with Crippen LogP contribution in [0.4, 0.5) is 12.0 Å². The summed E-state index contributed by atoms with van der Waals surface area (Å²) in [6.07, 6.45) is 4.73. The van der Waals surface area contributed by atoms with Crippen LogP contribution in [0, 0.1) is 6.92 Å². The van der Waals surface area contributed by atoms with Crippen LogP contribution in [0.3, 0.4) is 0 Å². The molecule has 2 aromatic heterocycles. The summed E-state index contributed by atoms with van der Waals surface area (Å²) < 4.78 is 5.20. The Hall–Kier alpha value is -3.07. The largest absolute Gasteiger partial charge is 0.408 e. The van der Waals surface area contributed by atoms with E-state index in [2.05, 4.69) is 30.8 Å².